The first-order valence-corrected chi connectivity index (χ1v) is 8.45. The fourth-order valence-corrected chi connectivity index (χ4v) is 3.12. The van der Waals surface area contributed by atoms with Gasteiger partial charge in [0.15, 0.2) is 0 Å². The molecule has 22 heavy (non-hydrogen) atoms. The second-order valence-corrected chi connectivity index (χ2v) is 6.87. The zero-order valence-electron chi connectivity index (χ0n) is 12.9. The number of hydrogen-bond acceptors (Lipinski definition) is 4. The van der Waals surface area contributed by atoms with Gasteiger partial charge in [-0.05, 0) is 38.5 Å². The summed E-state index contributed by atoms with van der Waals surface area (Å²) in [5, 5.41) is 7.41. The lowest BCUT2D eigenvalue weighted by Gasteiger charge is -2.12. The molecule has 1 aromatic heterocycles. The highest BCUT2D eigenvalue weighted by Crippen LogP contribution is 2.22. The van der Waals surface area contributed by atoms with Crippen LogP contribution in [0.3, 0.4) is 0 Å². The van der Waals surface area contributed by atoms with Crippen LogP contribution < -0.4 is 5.32 Å². The van der Waals surface area contributed by atoms with Crippen molar-refractivity contribution in [1.82, 2.24) is 10.5 Å². The fourth-order valence-electron chi connectivity index (χ4n) is 1.93. The topological polar surface area (TPSA) is 55.1 Å². The summed E-state index contributed by atoms with van der Waals surface area (Å²) in [4.78, 5) is 12.1. The Kier molecular flexibility index (Phi) is 5.91. The van der Waals surface area contributed by atoms with E-state index in [9.17, 15) is 4.79 Å². The molecule has 0 radical (unpaired) electrons. The highest BCUT2D eigenvalue weighted by atomic mass is 35.5. The molecule has 0 fully saturated rings. The van der Waals surface area contributed by atoms with Gasteiger partial charge in [-0.1, -0.05) is 28.9 Å². The number of aryl methyl sites for hydroxylation is 2. The van der Waals surface area contributed by atoms with Gasteiger partial charge in [0, 0.05) is 22.9 Å². The molecule has 1 N–H and O–H groups in total. The highest BCUT2D eigenvalue weighted by molar-refractivity contribution is 7.99. The van der Waals surface area contributed by atoms with Crippen molar-refractivity contribution >= 4 is 29.3 Å². The molecule has 1 atom stereocenters. The summed E-state index contributed by atoms with van der Waals surface area (Å²) in [5.41, 5.74) is 2.99. The molecule has 1 amide bonds. The average Bonchev–Trinajstić information content (AvgIpc) is 2.82. The number of thioether (sulfide) groups is 1. The number of rotatable bonds is 6. The largest absolute Gasteiger partial charge is 0.361 e. The number of nitrogens with one attached hydrogen (secondary N) is 1. The number of carbonyl (C=O) groups is 1. The van der Waals surface area contributed by atoms with E-state index in [2.05, 4.69) is 10.5 Å². The minimum atomic E-state index is -0.138. The van der Waals surface area contributed by atoms with Crippen molar-refractivity contribution in [3.8, 4) is 0 Å². The SMILES string of the molecule is Cc1noc(C)c1CSC(C)C(=O)NCc1ccc(Cl)cc1. The summed E-state index contributed by atoms with van der Waals surface area (Å²) < 4.78 is 5.13. The normalized spacial score (nSPS) is 12.2. The minimum Gasteiger partial charge on any atom is -0.361 e. The lowest BCUT2D eigenvalue weighted by atomic mass is 10.2. The zero-order chi connectivity index (χ0) is 16.1. The number of carbonyl (C=O) groups excluding carboxylic acids is 1. The molecule has 1 aromatic carbocycles. The van der Waals surface area contributed by atoms with Crippen molar-refractivity contribution in [3.63, 3.8) is 0 Å². The Morgan fingerprint density at radius 2 is 2.05 bits per heavy atom. The molecule has 118 valence electrons. The van der Waals surface area contributed by atoms with Crippen molar-refractivity contribution < 1.29 is 9.32 Å². The summed E-state index contributed by atoms with van der Waals surface area (Å²) in [5.74, 6) is 1.56. The number of amides is 1. The second-order valence-electron chi connectivity index (χ2n) is 5.10. The van der Waals surface area contributed by atoms with Crippen LogP contribution in [0.25, 0.3) is 0 Å². The molecule has 1 heterocycles. The van der Waals surface area contributed by atoms with Gasteiger partial charge < -0.3 is 9.84 Å². The Hall–Kier alpha value is -1.46. The number of hydrogen-bond donors (Lipinski definition) is 1. The van der Waals surface area contributed by atoms with Gasteiger partial charge in [0.2, 0.25) is 5.91 Å². The van der Waals surface area contributed by atoms with Crippen LogP contribution >= 0.6 is 23.4 Å². The van der Waals surface area contributed by atoms with Crippen molar-refractivity contribution in [1.29, 1.82) is 0 Å². The average molecular weight is 339 g/mol. The molecule has 6 heteroatoms. The number of benzene rings is 1. The molecule has 0 bridgehead atoms. The number of aromatic nitrogens is 1. The van der Waals surface area contributed by atoms with Crippen LogP contribution in [0.5, 0.6) is 0 Å². The second kappa shape index (κ2) is 7.70. The predicted octanol–water partition coefficient (Wildman–Crippen LogP) is 3.88. The van der Waals surface area contributed by atoms with Crippen LogP contribution in [-0.4, -0.2) is 16.3 Å². The fraction of sp³-hybridized carbons (Fsp3) is 0.375. The van der Waals surface area contributed by atoms with Crippen LogP contribution in [0.4, 0.5) is 0 Å². The van der Waals surface area contributed by atoms with Crippen LogP contribution in [0.1, 0.15) is 29.5 Å². The molecule has 2 rings (SSSR count). The van der Waals surface area contributed by atoms with Gasteiger partial charge >= 0.3 is 0 Å². The van der Waals surface area contributed by atoms with Crippen molar-refractivity contribution in [3.05, 3.63) is 51.9 Å². The van der Waals surface area contributed by atoms with Gasteiger partial charge in [0.1, 0.15) is 5.76 Å². The molecular formula is C16H19ClN2O2S. The predicted molar refractivity (Wildman–Crippen MR) is 90.0 cm³/mol. The van der Waals surface area contributed by atoms with E-state index in [1.807, 2.05) is 45.0 Å². The van der Waals surface area contributed by atoms with E-state index in [1.54, 1.807) is 11.8 Å². The molecule has 0 saturated heterocycles. The van der Waals surface area contributed by atoms with Crippen molar-refractivity contribution in [2.75, 3.05) is 0 Å². The van der Waals surface area contributed by atoms with E-state index < -0.39 is 0 Å². The third kappa shape index (κ3) is 4.52. The minimum absolute atomic E-state index is 0.0201. The van der Waals surface area contributed by atoms with Gasteiger partial charge in [0.05, 0.1) is 10.9 Å². The van der Waals surface area contributed by atoms with Crippen molar-refractivity contribution in [2.24, 2.45) is 0 Å². The summed E-state index contributed by atoms with van der Waals surface area (Å²) >= 11 is 7.41. The van der Waals surface area contributed by atoms with Crippen LogP contribution in [-0.2, 0) is 17.1 Å². The molecule has 2 aromatic rings. The monoisotopic (exact) mass is 338 g/mol. The number of halogens is 1. The first-order chi connectivity index (χ1) is 10.5. The summed E-state index contributed by atoms with van der Waals surface area (Å²) in [7, 11) is 0. The third-order valence-corrected chi connectivity index (χ3v) is 4.83. The zero-order valence-corrected chi connectivity index (χ0v) is 14.4. The molecule has 4 nitrogen and oxygen atoms in total. The quantitative estimate of drug-likeness (QED) is 0.868. The summed E-state index contributed by atoms with van der Waals surface area (Å²) in [6.07, 6.45) is 0. The van der Waals surface area contributed by atoms with Crippen LogP contribution in [0, 0.1) is 13.8 Å². The lowest BCUT2D eigenvalue weighted by Crippen LogP contribution is -2.30. The van der Waals surface area contributed by atoms with Gasteiger partial charge in [-0.2, -0.15) is 0 Å². The Bertz CT molecular complexity index is 621. The molecular weight excluding hydrogens is 320 g/mol. The van der Waals surface area contributed by atoms with Crippen LogP contribution in [0.2, 0.25) is 5.02 Å². The first-order valence-electron chi connectivity index (χ1n) is 7.03. The molecule has 0 spiro atoms. The van der Waals surface area contributed by atoms with E-state index >= 15 is 0 Å². The third-order valence-electron chi connectivity index (χ3n) is 3.41. The van der Waals surface area contributed by atoms with Crippen molar-refractivity contribution in [2.45, 2.75) is 38.3 Å². The number of nitrogens with zero attached hydrogens (tertiary/aromatic N) is 1. The highest BCUT2D eigenvalue weighted by Gasteiger charge is 2.16. The smallest absolute Gasteiger partial charge is 0.233 e. The molecule has 1 unspecified atom stereocenters. The van der Waals surface area contributed by atoms with E-state index in [1.165, 1.54) is 0 Å². The standard InChI is InChI=1S/C16H19ClN2O2S/c1-10-15(11(2)21-19-10)9-22-12(3)16(20)18-8-13-4-6-14(17)7-5-13/h4-7,12H,8-9H2,1-3H3,(H,18,20). The Balaban J connectivity index is 1.81. The molecule has 0 aliphatic rings. The van der Waals surface area contributed by atoms with E-state index in [4.69, 9.17) is 16.1 Å². The maximum absolute atomic E-state index is 12.1. The van der Waals surface area contributed by atoms with Crippen LogP contribution in [0.15, 0.2) is 28.8 Å². The molecule has 0 saturated carbocycles. The summed E-state index contributed by atoms with van der Waals surface area (Å²) in [6, 6.07) is 7.45. The van der Waals surface area contributed by atoms with Gasteiger partial charge in [0.25, 0.3) is 0 Å². The van der Waals surface area contributed by atoms with Gasteiger partial charge in [-0.15, -0.1) is 11.8 Å². The maximum atomic E-state index is 12.1. The van der Waals surface area contributed by atoms with Gasteiger partial charge in [-0.25, -0.2) is 0 Å². The lowest BCUT2D eigenvalue weighted by molar-refractivity contribution is -0.120. The summed E-state index contributed by atoms with van der Waals surface area (Å²) in [6.45, 7) is 6.21. The molecule has 0 aliphatic carbocycles. The first kappa shape index (κ1) is 16.9. The maximum Gasteiger partial charge on any atom is 0.233 e. The van der Waals surface area contributed by atoms with E-state index in [0.717, 1.165) is 28.3 Å². The Morgan fingerprint density at radius 1 is 1.36 bits per heavy atom. The van der Waals surface area contributed by atoms with Gasteiger partial charge in [-0.3, -0.25) is 4.79 Å². The van der Waals surface area contributed by atoms with E-state index in [-0.39, 0.29) is 11.2 Å². The Morgan fingerprint density at radius 3 is 2.64 bits per heavy atom. The molecule has 0 aliphatic heterocycles. The van der Waals surface area contributed by atoms with E-state index in [0.29, 0.717) is 11.6 Å². The Labute approximate surface area is 139 Å².